The first-order valence-corrected chi connectivity index (χ1v) is 16.5. The lowest BCUT2D eigenvalue weighted by molar-refractivity contribution is 0.0963. The SMILES string of the molecule is Cn1cc(-c2cc(F)cc(N3CCn4c(cc5c4CC(C)(C)C5)C3=O)c2CO)cc(Nc2ccc(N3CCN(CCF)CC3)cn2)c1=O. The van der Waals surface area contributed by atoms with E-state index in [1.807, 2.05) is 12.1 Å². The van der Waals surface area contributed by atoms with E-state index in [0.29, 0.717) is 53.5 Å². The van der Waals surface area contributed by atoms with Crippen LogP contribution in [0, 0.1) is 11.2 Å². The van der Waals surface area contributed by atoms with Crippen LogP contribution in [-0.2, 0) is 33.0 Å². The summed E-state index contributed by atoms with van der Waals surface area (Å²) in [5, 5.41) is 13.7. The number of benzene rings is 1. The van der Waals surface area contributed by atoms with Gasteiger partial charge in [0.1, 0.15) is 29.7 Å². The fourth-order valence-corrected chi connectivity index (χ4v) is 7.51. The number of halogens is 2. The van der Waals surface area contributed by atoms with Crippen molar-refractivity contribution in [2.24, 2.45) is 12.5 Å². The van der Waals surface area contributed by atoms with E-state index in [1.165, 1.54) is 28.0 Å². The van der Waals surface area contributed by atoms with Gasteiger partial charge < -0.3 is 29.4 Å². The lowest BCUT2D eigenvalue weighted by atomic mass is 9.90. The van der Waals surface area contributed by atoms with Crippen LogP contribution in [0.4, 0.5) is 31.7 Å². The van der Waals surface area contributed by atoms with Gasteiger partial charge in [-0.2, -0.15) is 0 Å². The number of rotatable bonds is 8. The van der Waals surface area contributed by atoms with Gasteiger partial charge in [0, 0.05) is 75.9 Å². The Hall–Kier alpha value is -4.55. The van der Waals surface area contributed by atoms with Gasteiger partial charge in [-0.05, 0) is 65.8 Å². The van der Waals surface area contributed by atoms with Crippen molar-refractivity contribution in [1.82, 2.24) is 19.0 Å². The first-order valence-electron chi connectivity index (χ1n) is 16.5. The molecule has 0 atom stereocenters. The predicted molar refractivity (Wildman–Crippen MR) is 182 cm³/mol. The Morgan fingerprint density at radius 1 is 1.00 bits per heavy atom. The molecule has 48 heavy (non-hydrogen) atoms. The van der Waals surface area contributed by atoms with E-state index in [-0.39, 0.29) is 29.2 Å². The maximum Gasteiger partial charge on any atom is 0.274 e. The Balaban J connectivity index is 1.16. The van der Waals surface area contributed by atoms with Gasteiger partial charge in [0.15, 0.2) is 0 Å². The minimum atomic E-state index is -0.554. The van der Waals surface area contributed by atoms with Gasteiger partial charge in [0.25, 0.3) is 11.5 Å². The van der Waals surface area contributed by atoms with Crippen LogP contribution in [0.15, 0.2) is 53.6 Å². The third-order valence-corrected chi connectivity index (χ3v) is 9.91. The molecule has 0 bridgehead atoms. The molecule has 1 fully saturated rings. The van der Waals surface area contributed by atoms with Crippen molar-refractivity contribution in [1.29, 1.82) is 0 Å². The fraction of sp³-hybridized carbons (Fsp3) is 0.417. The van der Waals surface area contributed by atoms with Crippen LogP contribution >= 0.6 is 0 Å². The zero-order chi connectivity index (χ0) is 33.7. The molecule has 7 rings (SSSR count). The summed E-state index contributed by atoms with van der Waals surface area (Å²) in [7, 11) is 1.61. The number of hydrogen-bond acceptors (Lipinski definition) is 7. The number of aliphatic hydroxyl groups is 1. The number of aromatic nitrogens is 3. The maximum absolute atomic E-state index is 15.4. The summed E-state index contributed by atoms with van der Waals surface area (Å²) in [5.41, 5.74) is 5.61. The smallest absolute Gasteiger partial charge is 0.274 e. The van der Waals surface area contributed by atoms with Crippen LogP contribution in [0.5, 0.6) is 0 Å². The highest BCUT2D eigenvalue weighted by Crippen LogP contribution is 2.41. The molecule has 5 heterocycles. The molecule has 1 saturated heterocycles. The molecule has 1 aliphatic carbocycles. The molecule has 1 amide bonds. The number of aryl methyl sites for hydroxylation is 1. The number of anilines is 4. The van der Waals surface area contributed by atoms with Crippen molar-refractivity contribution in [2.75, 3.05) is 61.1 Å². The summed E-state index contributed by atoms with van der Waals surface area (Å²) in [6.07, 6.45) is 5.15. The molecule has 0 unspecified atom stereocenters. The Bertz CT molecular complexity index is 1930. The number of carbonyl (C=O) groups excluding carboxylic acids is 1. The van der Waals surface area contributed by atoms with Gasteiger partial charge in [-0.1, -0.05) is 13.8 Å². The molecule has 2 aliphatic heterocycles. The Morgan fingerprint density at radius 2 is 1.79 bits per heavy atom. The summed E-state index contributed by atoms with van der Waals surface area (Å²) in [4.78, 5) is 37.4. The number of pyridine rings is 2. The molecule has 2 N–H and O–H groups in total. The normalized spacial score (nSPS) is 17.5. The molecule has 0 radical (unpaired) electrons. The summed E-state index contributed by atoms with van der Waals surface area (Å²) >= 11 is 0. The Morgan fingerprint density at radius 3 is 2.50 bits per heavy atom. The molecule has 252 valence electrons. The number of alkyl halides is 1. The summed E-state index contributed by atoms with van der Waals surface area (Å²) in [6.45, 7) is 8.16. The molecular formula is C36H41F2N7O3. The zero-order valence-electron chi connectivity index (χ0n) is 27.6. The molecule has 4 aromatic rings. The highest BCUT2D eigenvalue weighted by Gasteiger charge is 2.37. The number of nitrogens with one attached hydrogen (secondary N) is 1. The van der Waals surface area contributed by atoms with Crippen LogP contribution in [0.1, 0.15) is 41.2 Å². The number of nitrogens with zero attached hydrogens (tertiary/aromatic N) is 6. The van der Waals surface area contributed by atoms with Crippen LogP contribution in [0.2, 0.25) is 0 Å². The number of fused-ring (bicyclic) bond motifs is 3. The minimum Gasteiger partial charge on any atom is -0.392 e. The third-order valence-electron chi connectivity index (χ3n) is 9.91. The van der Waals surface area contributed by atoms with E-state index >= 15 is 4.39 Å². The maximum atomic E-state index is 15.4. The monoisotopic (exact) mass is 657 g/mol. The fourth-order valence-electron chi connectivity index (χ4n) is 7.51. The van der Waals surface area contributed by atoms with Crippen molar-refractivity contribution in [3.8, 4) is 11.1 Å². The van der Waals surface area contributed by atoms with Gasteiger partial charge in [-0.25, -0.2) is 13.8 Å². The lowest BCUT2D eigenvalue weighted by Crippen LogP contribution is -2.47. The number of aliphatic hydroxyl groups excluding tert-OH is 1. The van der Waals surface area contributed by atoms with Crippen LogP contribution in [0.25, 0.3) is 11.1 Å². The Kier molecular flexibility index (Phi) is 8.32. The second-order valence-corrected chi connectivity index (χ2v) is 13.8. The molecule has 3 aliphatic rings. The molecule has 3 aromatic heterocycles. The van der Waals surface area contributed by atoms with Crippen molar-refractivity contribution in [2.45, 2.75) is 39.8 Å². The molecule has 12 heteroatoms. The minimum absolute atomic E-state index is 0.158. The van der Waals surface area contributed by atoms with Gasteiger partial charge in [0.2, 0.25) is 0 Å². The van der Waals surface area contributed by atoms with Gasteiger partial charge in [-0.3, -0.25) is 14.5 Å². The van der Waals surface area contributed by atoms with Crippen molar-refractivity contribution >= 4 is 28.8 Å². The number of amides is 1. The van der Waals surface area contributed by atoms with Gasteiger partial charge in [0.05, 0.1) is 24.2 Å². The highest BCUT2D eigenvalue weighted by molar-refractivity contribution is 6.07. The second kappa shape index (κ2) is 12.5. The van der Waals surface area contributed by atoms with Crippen LogP contribution < -0.4 is 20.7 Å². The van der Waals surface area contributed by atoms with E-state index in [0.717, 1.165) is 44.7 Å². The molecule has 0 saturated carbocycles. The van der Waals surface area contributed by atoms with E-state index in [2.05, 4.69) is 38.5 Å². The standard InChI is InChI=1S/C36H41F2N7O3/c1-36(2)18-23-15-31-35(48)45(13-12-44(31)32(23)19-36)30-17-25(38)16-27(28(30)22-46)24-14-29(34(47)41(3)21-24)40-33-5-4-26(20-39-33)43-10-8-42(7-6-37)9-11-43/h4-5,14-17,20-21,46H,6-13,18-19,22H2,1-3H3,(H,39,40). The third kappa shape index (κ3) is 5.87. The zero-order valence-corrected chi connectivity index (χ0v) is 27.6. The molecule has 0 spiro atoms. The predicted octanol–water partition coefficient (Wildman–Crippen LogP) is 4.50. The average molecular weight is 658 g/mol. The van der Waals surface area contributed by atoms with E-state index in [4.69, 9.17) is 0 Å². The number of carbonyl (C=O) groups is 1. The largest absolute Gasteiger partial charge is 0.392 e. The first-order chi connectivity index (χ1) is 23.0. The topological polar surface area (TPSA) is 98.9 Å². The summed E-state index contributed by atoms with van der Waals surface area (Å²) < 4.78 is 31.6. The summed E-state index contributed by atoms with van der Waals surface area (Å²) in [6, 6.07) is 9.94. The lowest BCUT2D eigenvalue weighted by Gasteiger charge is -2.35. The van der Waals surface area contributed by atoms with Crippen LogP contribution in [0.3, 0.4) is 0 Å². The van der Waals surface area contributed by atoms with Crippen molar-refractivity contribution in [3.63, 3.8) is 0 Å². The van der Waals surface area contributed by atoms with Gasteiger partial charge in [-0.15, -0.1) is 0 Å². The molecular weight excluding hydrogens is 616 g/mol. The van der Waals surface area contributed by atoms with Crippen LogP contribution in [-0.4, -0.2) is 76.0 Å². The van der Waals surface area contributed by atoms with E-state index in [1.54, 1.807) is 36.5 Å². The Labute approximate surface area is 278 Å². The van der Waals surface area contributed by atoms with E-state index < -0.39 is 12.4 Å². The molecule has 1 aromatic carbocycles. The second-order valence-electron chi connectivity index (χ2n) is 13.8. The van der Waals surface area contributed by atoms with Gasteiger partial charge >= 0.3 is 0 Å². The van der Waals surface area contributed by atoms with Crippen molar-refractivity contribution in [3.05, 3.63) is 87.5 Å². The van der Waals surface area contributed by atoms with E-state index in [9.17, 15) is 19.1 Å². The summed E-state index contributed by atoms with van der Waals surface area (Å²) in [5.74, 6) is -0.316. The van der Waals surface area contributed by atoms with Crippen molar-refractivity contribution < 1.29 is 18.7 Å². The quantitative estimate of drug-likeness (QED) is 0.288. The number of hydrogen-bond donors (Lipinski definition) is 2. The average Bonchev–Trinajstić information content (AvgIpc) is 3.56. The highest BCUT2D eigenvalue weighted by atomic mass is 19.1. The molecule has 10 nitrogen and oxygen atoms in total. The number of piperazine rings is 1. The first kappa shape index (κ1) is 32.0.